The van der Waals surface area contributed by atoms with Crippen LogP contribution in [0.3, 0.4) is 0 Å². The molecule has 3 aromatic rings. The number of nitrogens with one attached hydrogen (secondary N) is 1. The number of amides is 1. The van der Waals surface area contributed by atoms with E-state index >= 15 is 0 Å². The number of carbonyl (C=O) groups is 1. The summed E-state index contributed by atoms with van der Waals surface area (Å²) in [7, 11) is -2.25. The van der Waals surface area contributed by atoms with Crippen molar-refractivity contribution < 1.29 is 26.4 Å². The summed E-state index contributed by atoms with van der Waals surface area (Å²) in [6.45, 7) is 1.69. The van der Waals surface area contributed by atoms with Gasteiger partial charge in [0.25, 0.3) is 5.91 Å². The van der Waals surface area contributed by atoms with E-state index in [2.05, 4.69) is 4.72 Å². The highest BCUT2D eigenvalue weighted by molar-refractivity contribution is 7.89. The maximum atomic E-state index is 13.5. The molecule has 9 heteroatoms. The lowest BCUT2D eigenvalue weighted by Gasteiger charge is -2.25. The van der Waals surface area contributed by atoms with Crippen molar-refractivity contribution in [1.82, 2.24) is 9.62 Å². The Bertz CT molecular complexity index is 1130. The first kappa shape index (κ1) is 21.7. The third-order valence-electron chi connectivity index (χ3n) is 4.76. The van der Waals surface area contributed by atoms with Crippen LogP contribution in [0.2, 0.25) is 0 Å². The fourth-order valence-electron chi connectivity index (χ4n) is 2.81. The van der Waals surface area contributed by atoms with Crippen LogP contribution >= 0.6 is 0 Å². The number of sulfonamides is 1. The predicted molar refractivity (Wildman–Crippen MR) is 106 cm³/mol. The molecule has 0 saturated heterocycles. The predicted octanol–water partition coefficient (Wildman–Crippen LogP) is 3.87. The third-order valence-corrected chi connectivity index (χ3v) is 6.17. The Morgan fingerprint density at radius 2 is 1.80 bits per heavy atom. The van der Waals surface area contributed by atoms with Crippen LogP contribution in [0.25, 0.3) is 0 Å². The van der Waals surface area contributed by atoms with Crippen molar-refractivity contribution in [3.05, 3.63) is 89.4 Å². The molecular formula is C21H20F2N2O4S. The number of furan rings is 1. The Morgan fingerprint density at radius 1 is 1.10 bits per heavy atom. The molecule has 0 aliphatic rings. The molecule has 1 aromatic heterocycles. The highest BCUT2D eigenvalue weighted by atomic mass is 32.2. The molecule has 3 rings (SSSR count). The molecule has 1 unspecified atom stereocenters. The second kappa shape index (κ2) is 8.76. The molecule has 1 atom stereocenters. The molecule has 1 N–H and O–H groups in total. The number of rotatable bonds is 7. The van der Waals surface area contributed by atoms with Gasteiger partial charge >= 0.3 is 0 Å². The minimum atomic E-state index is -3.78. The van der Waals surface area contributed by atoms with Crippen LogP contribution in [-0.2, 0) is 16.6 Å². The van der Waals surface area contributed by atoms with Gasteiger partial charge in [0.1, 0.15) is 5.76 Å². The van der Waals surface area contributed by atoms with Crippen molar-refractivity contribution >= 4 is 15.9 Å². The molecular weight excluding hydrogens is 414 g/mol. The number of hydrogen-bond donors (Lipinski definition) is 1. The van der Waals surface area contributed by atoms with Crippen molar-refractivity contribution in [2.45, 2.75) is 24.4 Å². The van der Waals surface area contributed by atoms with E-state index in [0.29, 0.717) is 11.3 Å². The largest absolute Gasteiger partial charge is 0.468 e. The lowest BCUT2D eigenvalue weighted by molar-refractivity contribution is 0.0742. The van der Waals surface area contributed by atoms with E-state index in [9.17, 15) is 22.0 Å². The Kier molecular flexibility index (Phi) is 6.33. The van der Waals surface area contributed by atoms with Gasteiger partial charge in [0.05, 0.1) is 23.7 Å². The summed E-state index contributed by atoms with van der Waals surface area (Å²) in [5, 5.41) is 0. The molecule has 0 aliphatic carbocycles. The van der Waals surface area contributed by atoms with E-state index < -0.39 is 27.7 Å². The van der Waals surface area contributed by atoms with Gasteiger partial charge in [-0.25, -0.2) is 21.9 Å². The second-order valence-corrected chi connectivity index (χ2v) is 8.46. The molecule has 0 fully saturated rings. The quantitative estimate of drug-likeness (QED) is 0.612. The molecule has 1 amide bonds. The van der Waals surface area contributed by atoms with Gasteiger partial charge in [-0.15, -0.1) is 0 Å². The summed E-state index contributed by atoms with van der Waals surface area (Å²) >= 11 is 0. The van der Waals surface area contributed by atoms with Gasteiger partial charge < -0.3 is 9.32 Å². The fraction of sp³-hybridized carbons (Fsp3) is 0.190. The number of nitrogens with zero attached hydrogens (tertiary/aromatic N) is 1. The highest BCUT2D eigenvalue weighted by Gasteiger charge is 2.21. The van der Waals surface area contributed by atoms with Crippen LogP contribution in [0.5, 0.6) is 0 Å². The first-order valence-electron chi connectivity index (χ1n) is 9.03. The van der Waals surface area contributed by atoms with E-state index in [1.165, 1.54) is 48.5 Å². The molecule has 2 aromatic carbocycles. The van der Waals surface area contributed by atoms with Gasteiger partial charge in [-0.05, 0) is 61.0 Å². The SMILES string of the molecule is CC(c1ccc(F)c(F)c1)N(C)C(=O)c1ccc(S(=O)(=O)NCc2ccco2)cc1. The van der Waals surface area contributed by atoms with Crippen molar-refractivity contribution in [1.29, 1.82) is 0 Å². The van der Waals surface area contributed by atoms with Gasteiger partial charge in [0, 0.05) is 12.6 Å². The minimum Gasteiger partial charge on any atom is -0.468 e. The number of carbonyl (C=O) groups excluding carboxylic acids is 1. The molecule has 0 aliphatic heterocycles. The smallest absolute Gasteiger partial charge is 0.254 e. The maximum Gasteiger partial charge on any atom is 0.254 e. The van der Waals surface area contributed by atoms with E-state index in [0.717, 1.165) is 12.1 Å². The van der Waals surface area contributed by atoms with E-state index in [-0.39, 0.29) is 22.9 Å². The average molecular weight is 434 g/mol. The summed E-state index contributed by atoms with van der Waals surface area (Å²) < 4.78 is 58.9. The Balaban J connectivity index is 1.71. The molecule has 1 heterocycles. The molecule has 0 spiro atoms. The van der Waals surface area contributed by atoms with Gasteiger partial charge in [-0.2, -0.15) is 0 Å². The van der Waals surface area contributed by atoms with Crippen LogP contribution in [0.15, 0.2) is 70.2 Å². The van der Waals surface area contributed by atoms with Crippen molar-refractivity contribution in [2.24, 2.45) is 0 Å². The van der Waals surface area contributed by atoms with Crippen LogP contribution in [0, 0.1) is 11.6 Å². The molecule has 0 saturated carbocycles. The molecule has 0 bridgehead atoms. The monoisotopic (exact) mass is 434 g/mol. The lowest BCUT2D eigenvalue weighted by atomic mass is 10.1. The van der Waals surface area contributed by atoms with Gasteiger partial charge in [-0.1, -0.05) is 6.07 Å². The van der Waals surface area contributed by atoms with Crippen LogP contribution in [0.4, 0.5) is 8.78 Å². The second-order valence-electron chi connectivity index (χ2n) is 6.69. The van der Waals surface area contributed by atoms with Gasteiger partial charge in [0.15, 0.2) is 11.6 Å². The summed E-state index contributed by atoms with van der Waals surface area (Å²) in [5.74, 6) is -1.87. The first-order chi connectivity index (χ1) is 14.2. The van der Waals surface area contributed by atoms with Gasteiger partial charge in [0.2, 0.25) is 10.0 Å². The fourth-order valence-corrected chi connectivity index (χ4v) is 3.81. The van der Waals surface area contributed by atoms with E-state index in [1.807, 2.05) is 0 Å². The van der Waals surface area contributed by atoms with Crippen LogP contribution in [-0.4, -0.2) is 26.3 Å². The first-order valence-corrected chi connectivity index (χ1v) is 10.5. The van der Waals surface area contributed by atoms with Crippen molar-refractivity contribution in [3.63, 3.8) is 0 Å². The third kappa shape index (κ3) is 4.74. The zero-order valence-corrected chi connectivity index (χ0v) is 17.1. The molecule has 158 valence electrons. The highest BCUT2D eigenvalue weighted by Crippen LogP contribution is 2.23. The Labute approximate surface area is 173 Å². The number of hydrogen-bond acceptors (Lipinski definition) is 4. The summed E-state index contributed by atoms with van der Waals surface area (Å²) in [5.41, 5.74) is 0.697. The lowest BCUT2D eigenvalue weighted by Crippen LogP contribution is -2.30. The van der Waals surface area contributed by atoms with E-state index in [4.69, 9.17) is 4.42 Å². The topological polar surface area (TPSA) is 79.6 Å². The number of halogens is 2. The summed E-state index contributed by atoms with van der Waals surface area (Å²) in [4.78, 5) is 14.1. The zero-order valence-electron chi connectivity index (χ0n) is 16.3. The Morgan fingerprint density at radius 3 is 2.40 bits per heavy atom. The van der Waals surface area contributed by atoms with Gasteiger partial charge in [-0.3, -0.25) is 4.79 Å². The summed E-state index contributed by atoms with van der Waals surface area (Å²) in [6, 6.07) is 11.7. The summed E-state index contributed by atoms with van der Waals surface area (Å²) in [6.07, 6.45) is 1.45. The van der Waals surface area contributed by atoms with Crippen LogP contribution < -0.4 is 4.72 Å². The van der Waals surface area contributed by atoms with E-state index in [1.54, 1.807) is 19.1 Å². The maximum absolute atomic E-state index is 13.5. The van der Waals surface area contributed by atoms with Crippen molar-refractivity contribution in [3.8, 4) is 0 Å². The Hall–Kier alpha value is -3.04. The average Bonchev–Trinajstić information content (AvgIpc) is 3.26. The molecule has 0 radical (unpaired) electrons. The minimum absolute atomic E-state index is 0.00177. The molecule has 6 nitrogen and oxygen atoms in total. The normalized spacial score (nSPS) is 12.5. The number of benzene rings is 2. The van der Waals surface area contributed by atoms with Crippen LogP contribution in [0.1, 0.15) is 34.6 Å². The molecule has 30 heavy (non-hydrogen) atoms. The zero-order chi connectivity index (χ0) is 21.9. The van der Waals surface area contributed by atoms with Crippen molar-refractivity contribution in [2.75, 3.05) is 7.05 Å². The standard InChI is InChI=1S/C21H20F2N2O4S/c1-14(16-7-10-19(22)20(23)12-16)25(2)21(26)15-5-8-18(9-6-15)30(27,28)24-13-17-4-3-11-29-17/h3-12,14,24H,13H2,1-2H3.